The molecule has 0 aliphatic rings. The average Bonchev–Trinajstić information content (AvgIpc) is 2.47. The van der Waals surface area contributed by atoms with Crippen molar-refractivity contribution in [3.8, 4) is 0 Å². The second kappa shape index (κ2) is 6.27. The molecule has 0 aromatic heterocycles. The van der Waals surface area contributed by atoms with E-state index in [4.69, 9.17) is 5.21 Å². The Morgan fingerprint density at radius 2 is 1.77 bits per heavy atom. The van der Waals surface area contributed by atoms with Gasteiger partial charge in [-0.1, -0.05) is 36.4 Å². The number of Topliss-reactive ketones (excluding diaryl/α,β-unsaturated/α-hetero) is 1. The average molecular weight is 311 g/mol. The Balaban J connectivity index is 2.33. The van der Waals surface area contributed by atoms with Gasteiger partial charge in [0.15, 0.2) is 11.5 Å². The molecule has 0 aliphatic heterocycles. The van der Waals surface area contributed by atoms with Crippen LogP contribution in [0.3, 0.4) is 0 Å². The predicted molar refractivity (Wildman–Crippen MR) is 71.7 cm³/mol. The first kappa shape index (κ1) is 16.2. The van der Waals surface area contributed by atoms with Crippen molar-refractivity contribution in [3.63, 3.8) is 0 Å². The molecule has 0 bridgehead atoms. The van der Waals surface area contributed by atoms with Crippen LogP contribution in [0, 0.1) is 5.21 Å². The minimum absolute atomic E-state index is 0.0503. The maximum atomic E-state index is 12.6. The van der Waals surface area contributed by atoms with E-state index in [1.165, 1.54) is 0 Å². The van der Waals surface area contributed by atoms with E-state index in [1.54, 1.807) is 30.3 Å². The zero-order valence-electron chi connectivity index (χ0n) is 11.2. The number of nitrogens with one attached hydrogen (secondary N) is 1. The number of quaternary nitrogens is 1. The van der Waals surface area contributed by atoms with Crippen LogP contribution < -0.4 is 5.23 Å². The smallest absolute Gasteiger partial charge is 0.416 e. The fraction of sp³-hybridized carbons (Fsp3) is 0.133. The first-order valence-electron chi connectivity index (χ1n) is 6.30. The summed E-state index contributed by atoms with van der Waals surface area (Å²) >= 11 is 0. The zero-order valence-corrected chi connectivity index (χ0v) is 11.2. The summed E-state index contributed by atoms with van der Waals surface area (Å²) in [5, 5.41) is 18.7. The van der Waals surface area contributed by atoms with E-state index in [1.807, 2.05) is 0 Å². The highest BCUT2D eigenvalue weighted by Gasteiger charge is 2.32. The van der Waals surface area contributed by atoms with E-state index in [0.717, 1.165) is 12.1 Å². The molecule has 0 fully saturated rings. The zero-order chi connectivity index (χ0) is 16.3. The van der Waals surface area contributed by atoms with Crippen molar-refractivity contribution >= 4 is 11.5 Å². The van der Waals surface area contributed by atoms with Gasteiger partial charge >= 0.3 is 6.18 Å². The summed E-state index contributed by atoms with van der Waals surface area (Å²) in [6.45, 7) is 0. The molecule has 0 aliphatic carbocycles. The molecule has 4 nitrogen and oxygen atoms in total. The third-order valence-corrected chi connectivity index (χ3v) is 3.11. The van der Waals surface area contributed by atoms with Gasteiger partial charge in [-0.05, 0) is 6.07 Å². The quantitative estimate of drug-likeness (QED) is 0.673. The molecule has 0 amide bonds. The lowest BCUT2D eigenvalue weighted by molar-refractivity contribution is -0.991. The monoisotopic (exact) mass is 311 g/mol. The third kappa shape index (κ3) is 3.70. The molecule has 0 saturated heterocycles. The van der Waals surface area contributed by atoms with Crippen molar-refractivity contribution in [2.24, 2.45) is 0 Å². The highest BCUT2D eigenvalue weighted by molar-refractivity contribution is 5.97. The van der Waals surface area contributed by atoms with Crippen molar-refractivity contribution in [2.75, 3.05) is 0 Å². The molecule has 0 saturated carbocycles. The largest absolute Gasteiger partial charge is 0.595 e. The topological polar surface area (TPSA) is 64.8 Å². The van der Waals surface area contributed by atoms with Crippen LogP contribution in [0.4, 0.5) is 18.9 Å². The number of ketones is 1. The van der Waals surface area contributed by atoms with Gasteiger partial charge in [0.1, 0.15) is 0 Å². The van der Waals surface area contributed by atoms with Crippen LogP contribution in [0.25, 0.3) is 0 Å². The normalized spacial score (nSPS) is 13.0. The van der Waals surface area contributed by atoms with Crippen LogP contribution in [0.5, 0.6) is 0 Å². The molecule has 0 radical (unpaired) electrons. The maximum Gasteiger partial charge on any atom is 0.416 e. The summed E-state index contributed by atoms with van der Waals surface area (Å²) in [7, 11) is 0. The SMILES string of the molecule is O=C(Cc1ccc(C(F)(F)F)cc1[NH+]([O-])O)c1ccccc1. The number of carbonyl (C=O) groups is 1. The molecule has 1 unspecified atom stereocenters. The van der Waals surface area contributed by atoms with E-state index in [0.29, 0.717) is 11.6 Å². The number of benzene rings is 2. The second-order valence-electron chi connectivity index (χ2n) is 4.64. The standard InChI is InChI=1S/C15H12F3NO3/c16-15(17,18)12-7-6-11(13(9-12)19(21)22)8-14(20)10-4-2-1-3-5-10/h1-7,9,19,21H,8H2. The van der Waals surface area contributed by atoms with Crippen molar-refractivity contribution in [2.45, 2.75) is 12.6 Å². The molecule has 2 aromatic rings. The van der Waals surface area contributed by atoms with Crippen molar-refractivity contribution in [1.82, 2.24) is 0 Å². The van der Waals surface area contributed by atoms with E-state index < -0.39 is 22.7 Å². The van der Waals surface area contributed by atoms with Gasteiger partial charge in [0.05, 0.1) is 5.56 Å². The lowest BCUT2D eigenvalue weighted by Crippen LogP contribution is -2.99. The lowest BCUT2D eigenvalue weighted by Gasteiger charge is -2.17. The van der Waals surface area contributed by atoms with Crippen LogP contribution in [0.2, 0.25) is 0 Å². The molecule has 116 valence electrons. The van der Waals surface area contributed by atoms with E-state index in [-0.39, 0.29) is 17.8 Å². The summed E-state index contributed by atoms with van der Waals surface area (Å²) in [5.41, 5.74) is -1.15. The van der Waals surface area contributed by atoms with E-state index in [9.17, 15) is 23.2 Å². The molecule has 2 N–H and O–H groups in total. The van der Waals surface area contributed by atoms with Gasteiger partial charge in [-0.25, -0.2) is 5.21 Å². The highest BCUT2D eigenvalue weighted by atomic mass is 19.4. The van der Waals surface area contributed by atoms with Gasteiger partial charge in [-0.2, -0.15) is 18.4 Å². The number of alkyl halides is 3. The van der Waals surface area contributed by atoms with Gasteiger partial charge < -0.3 is 5.21 Å². The fourth-order valence-electron chi connectivity index (χ4n) is 2.01. The Kier molecular flexibility index (Phi) is 4.60. The van der Waals surface area contributed by atoms with Gasteiger partial charge in [0.25, 0.3) is 0 Å². The Morgan fingerprint density at radius 1 is 1.14 bits per heavy atom. The van der Waals surface area contributed by atoms with Crippen molar-refractivity contribution < 1.29 is 28.4 Å². The fourth-order valence-corrected chi connectivity index (χ4v) is 2.01. The number of hydrogen-bond donors (Lipinski definition) is 2. The molecule has 0 spiro atoms. The van der Waals surface area contributed by atoms with Crippen molar-refractivity contribution in [1.29, 1.82) is 0 Å². The van der Waals surface area contributed by atoms with E-state index in [2.05, 4.69) is 0 Å². The van der Waals surface area contributed by atoms with Crippen LogP contribution in [0.1, 0.15) is 21.5 Å². The summed E-state index contributed by atoms with van der Waals surface area (Å²) in [4.78, 5) is 12.1. The lowest BCUT2D eigenvalue weighted by atomic mass is 10.00. The summed E-state index contributed by atoms with van der Waals surface area (Å²) in [6, 6.07) is 10.5. The summed E-state index contributed by atoms with van der Waals surface area (Å²) in [5.74, 6) is -0.358. The molecule has 0 heterocycles. The summed E-state index contributed by atoms with van der Waals surface area (Å²) < 4.78 is 37.9. The molecular weight excluding hydrogens is 299 g/mol. The van der Waals surface area contributed by atoms with Crippen LogP contribution in [0.15, 0.2) is 48.5 Å². The Labute approximate surface area is 123 Å². The highest BCUT2D eigenvalue weighted by Crippen LogP contribution is 2.31. The molecule has 2 rings (SSSR count). The van der Waals surface area contributed by atoms with Crippen LogP contribution >= 0.6 is 0 Å². The van der Waals surface area contributed by atoms with Gasteiger partial charge in [-0.3, -0.25) is 4.79 Å². The van der Waals surface area contributed by atoms with Gasteiger partial charge in [-0.15, -0.1) is 0 Å². The van der Waals surface area contributed by atoms with Gasteiger partial charge in [0, 0.05) is 23.6 Å². The predicted octanol–water partition coefficient (Wildman–Crippen LogP) is 2.53. The number of hydrogen-bond acceptors (Lipinski definition) is 3. The Bertz CT molecular complexity index is 669. The first-order chi connectivity index (χ1) is 10.3. The third-order valence-electron chi connectivity index (χ3n) is 3.11. The second-order valence-corrected chi connectivity index (χ2v) is 4.64. The Hall–Kier alpha value is -2.22. The molecule has 1 atom stereocenters. The minimum atomic E-state index is -4.63. The minimum Gasteiger partial charge on any atom is -0.595 e. The van der Waals surface area contributed by atoms with E-state index >= 15 is 0 Å². The number of carbonyl (C=O) groups excluding carboxylic acids is 1. The summed E-state index contributed by atoms with van der Waals surface area (Å²) in [6.07, 6.45) is -4.91. The number of rotatable bonds is 4. The molecular formula is C15H12F3NO3. The van der Waals surface area contributed by atoms with Gasteiger partial charge in [0.2, 0.25) is 0 Å². The maximum absolute atomic E-state index is 12.6. The molecule has 2 aromatic carbocycles. The van der Waals surface area contributed by atoms with Crippen LogP contribution in [-0.4, -0.2) is 11.0 Å². The number of halogens is 3. The molecule has 7 heteroatoms. The molecule has 22 heavy (non-hydrogen) atoms. The van der Waals surface area contributed by atoms with Crippen LogP contribution in [-0.2, 0) is 12.6 Å². The first-order valence-corrected chi connectivity index (χ1v) is 6.30. The Morgan fingerprint density at radius 3 is 2.32 bits per heavy atom. The van der Waals surface area contributed by atoms with Crippen molar-refractivity contribution in [3.05, 3.63) is 70.4 Å².